The SMILES string of the molecule is COc1ccccc1CCCNC(=O)c1ccc2c(c1)NC(=O)C(C)(C)O2. The van der Waals surface area contributed by atoms with Gasteiger partial charge in [0.2, 0.25) is 0 Å². The Kier molecular flexibility index (Phi) is 5.35. The standard InChI is InChI=1S/C21H24N2O4/c1-21(2)20(25)23-16-13-15(10-11-18(16)27-21)19(24)22-12-6-8-14-7-4-5-9-17(14)26-3/h4-5,7,9-11,13H,6,8,12H2,1-3H3,(H,22,24)(H,23,25). The average molecular weight is 368 g/mol. The van der Waals surface area contributed by atoms with E-state index in [1.807, 2.05) is 24.3 Å². The Hall–Kier alpha value is -3.02. The topological polar surface area (TPSA) is 76.7 Å². The molecule has 2 N–H and O–H groups in total. The van der Waals surface area contributed by atoms with Crippen LogP contribution in [0.15, 0.2) is 42.5 Å². The highest BCUT2D eigenvalue weighted by atomic mass is 16.5. The molecule has 1 aliphatic rings. The highest BCUT2D eigenvalue weighted by molar-refractivity contribution is 6.02. The van der Waals surface area contributed by atoms with Gasteiger partial charge in [0.1, 0.15) is 11.5 Å². The molecule has 0 saturated carbocycles. The van der Waals surface area contributed by atoms with Crippen LogP contribution in [0.5, 0.6) is 11.5 Å². The lowest BCUT2D eigenvalue weighted by Crippen LogP contribution is -2.45. The number of rotatable bonds is 6. The molecule has 3 rings (SSSR count). The van der Waals surface area contributed by atoms with E-state index in [4.69, 9.17) is 9.47 Å². The number of anilines is 1. The maximum atomic E-state index is 12.4. The van der Waals surface area contributed by atoms with Gasteiger partial charge in [0.05, 0.1) is 12.8 Å². The smallest absolute Gasteiger partial charge is 0.268 e. The summed E-state index contributed by atoms with van der Waals surface area (Å²) in [5.41, 5.74) is 1.19. The van der Waals surface area contributed by atoms with Crippen molar-refractivity contribution in [1.82, 2.24) is 5.32 Å². The molecule has 6 nitrogen and oxygen atoms in total. The zero-order chi connectivity index (χ0) is 19.4. The Bertz CT molecular complexity index is 861. The third kappa shape index (κ3) is 4.22. The highest BCUT2D eigenvalue weighted by Crippen LogP contribution is 2.34. The van der Waals surface area contributed by atoms with E-state index >= 15 is 0 Å². The fourth-order valence-corrected chi connectivity index (χ4v) is 2.94. The number of ether oxygens (including phenoxy) is 2. The van der Waals surface area contributed by atoms with Gasteiger partial charge < -0.3 is 20.1 Å². The summed E-state index contributed by atoms with van der Waals surface area (Å²) in [5, 5.41) is 5.70. The molecule has 1 aliphatic heterocycles. The lowest BCUT2D eigenvalue weighted by Gasteiger charge is -2.31. The highest BCUT2D eigenvalue weighted by Gasteiger charge is 2.35. The quantitative estimate of drug-likeness (QED) is 0.768. The minimum absolute atomic E-state index is 0.183. The summed E-state index contributed by atoms with van der Waals surface area (Å²) in [6.45, 7) is 3.95. The molecule has 0 aromatic heterocycles. The number of hydrogen-bond acceptors (Lipinski definition) is 4. The number of amides is 2. The number of carbonyl (C=O) groups is 2. The minimum Gasteiger partial charge on any atom is -0.496 e. The van der Waals surface area contributed by atoms with Crippen LogP contribution in [0.1, 0.15) is 36.2 Å². The predicted molar refractivity (Wildman–Crippen MR) is 103 cm³/mol. The van der Waals surface area contributed by atoms with Gasteiger partial charge >= 0.3 is 0 Å². The van der Waals surface area contributed by atoms with Crippen molar-refractivity contribution < 1.29 is 19.1 Å². The van der Waals surface area contributed by atoms with E-state index in [-0.39, 0.29) is 11.8 Å². The summed E-state index contributed by atoms with van der Waals surface area (Å²) in [4.78, 5) is 24.4. The number of nitrogens with one attached hydrogen (secondary N) is 2. The van der Waals surface area contributed by atoms with E-state index in [0.717, 1.165) is 24.2 Å². The second kappa shape index (κ2) is 7.70. The van der Waals surface area contributed by atoms with Gasteiger partial charge in [-0.3, -0.25) is 9.59 Å². The number of aryl methyl sites for hydroxylation is 1. The van der Waals surface area contributed by atoms with Crippen LogP contribution >= 0.6 is 0 Å². The molecule has 0 unspecified atom stereocenters. The molecule has 0 radical (unpaired) electrons. The summed E-state index contributed by atoms with van der Waals surface area (Å²) in [5.74, 6) is 1.01. The lowest BCUT2D eigenvalue weighted by molar-refractivity contribution is -0.129. The van der Waals surface area contributed by atoms with Crippen LogP contribution in [-0.2, 0) is 11.2 Å². The van der Waals surface area contributed by atoms with E-state index in [9.17, 15) is 9.59 Å². The monoisotopic (exact) mass is 368 g/mol. The van der Waals surface area contributed by atoms with Crippen LogP contribution in [-0.4, -0.2) is 31.1 Å². The Morgan fingerprint density at radius 2 is 2.00 bits per heavy atom. The van der Waals surface area contributed by atoms with E-state index in [1.54, 1.807) is 39.2 Å². The van der Waals surface area contributed by atoms with Crippen molar-refractivity contribution in [2.24, 2.45) is 0 Å². The summed E-state index contributed by atoms with van der Waals surface area (Å²) in [7, 11) is 1.65. The first-order chi connectivity index (χ1) is 12.9. The molecule has 2 aromatic carbocycles. The second-order valence-corrected chi connectivity index (χ2v) is 6.95. The van der Waals surface area contributed by atoms with Crippen LogP contribution in [0, 0.1) is 0 Å². The van der Waals surface area contributed by atoms with Crippen molar-refractivity contribution >= 4 is 17.5 Å². The van der Waals surface area contributed by atoms with Gasteiger partial charge in [-0.05, 0) is 56.5 Å². The lowest BCUT2D eigenvalue weighted by atomic mass is 10.0. The number of methoxy groups -OCH3 is 1. The van der Waals surface area contributed by atoms with E-state index in [1.165, 1.54) is 0 Å². The van der Waals surface area contributed by atoms with Crippen molar-refractivity contribution in [1.29, 1.82) is 0 Å². The molecular formula is C21H24N2O4. The minimum atomic E-state index is -0.921. The van der Waals surface area contributed by atoms with E-state index in [2.05, 4.69) is 10.6 Å². The van der Waals surface area contributed by atoms with Crippen molar-refractivity contribution in [2.45, 2.75) is 32.3 Å². The first-order valence-electron chi connectivity index (χ1n) is 8.95. The van der Waals surface area contributed by atoms with E-state index < -0.39 is 5.60 Å². The van der Waals surface area contributed by atoms with Gasteiger partial charge in [0, 0.05) is 12.1 Å². The van der Waals surface area contributed by atoms with Gasteiger partial charge in [0.15, 0.2) is 5.60 Å². The van der Waals surface area contributed by atoms with Gasteiger partial charge in [-0.2, -0.15) is 0 Å². The molecule has 2 amide bonds. The molecule has 0 aliphatic carbocycles. The third-order valence-electron chi connectivity index (χ3n) is 4.50. The summed E-state index contributed by atoms with van der Waals surface area (Å²) in [6.07, 6.45) is 1.61. The molecular weight excluding hydrogens is 344 g/mol. The van der Waals surface area contributed by atoms with Crippen LogP contribution < -0.4 is 20.1 Å². The van der Waals surface area contributed by atoms with Crippen LogP contribution in [0.25, 0.3) is 0 Å². The van der Waals surface area contributed by atoms with Gasteiger partial charge in [-0.1, -0.05) is 18.2 Å². The molecule has 0 spiro atoms. The molecule has 0 saturated heterocycles. The summed E-state index contributed by atoms with van der Waals surface area (Å²) < 4.78 is 11.0. The van der Waals surface area contributed by atoms with Crippen LogP contribution in [0.3, 0.4) is 0 Å². The van der Waals surface area contributed by atoms with E-state index in [0.29, 0.717) is 23.5 Å². The van der Waals surface area contributed by atoms with Crippen molar-refractivity contribution in [2.75, 3.05) is 19.0 Å². The zero-order valence-corrected chi connectivity index (χ0v) is 15.8. The Labute approximate surface area is 158 Å². The van der Waals surface area contributed by atoms with Crippen molar-refractivity contribution in [3.63, 3.8) is 0 Å². The molecule has 0 bridgehead atoms. The predicted octanol–water partition coefficient (Wildman–Crippen LogP) is 3.17. The zero-order valence-electron chi connectivity index (χ0n) is 15.8. The van der Waals surface area contributed by atoms with Gasteiger partial charge in [0.25, 0.3) is 11.8 Å². The number of carbonyl (C=O) groups excluding carboxylic acids is 2. The summed E-state index contributed by atoms with van der Waals surface area (Å²) >= 11 is 0. The first kappa shape index (κ1) is 18.8. The number of para-hydroxylation sites is 1. The molecule has 1 heterocycles. The van der Waals surface area contributed by atoms with Gasteiger partial charge in [-0.25, -0.2) is 0 Å². The van der Waals surface area contributed by atoms with Crippen LogP contribution in [0.4, 0.5) is 5.69 Å². The number of fused-ring (bicyclic) bond motifs is 1. The van der Waals surface area contributed by atoms with Crippen molar-refractivity contribution in [3.8, 4) is 11.5 Å². The number of hydrogen-bond donors (Lipinski definition) is 2. The van der Waals surface area contributed by atoms with Gasteiger partial charge in [-0.15, -0.1) is 0 Å². The largest absolute Gasteiger partial charge is 0.496 e. The van der Waals surface area contributed by atoms with Crippen LogP contribution in [0.2, 0.25) is 0 Å². The fourth-order valence-electron chi connectivity index (χ4n) is 2.94. The Morgan fingerprint density at radius 1 is 1.22 bits per heavy atom. The number of benzene rings is 2. The molecule has 27 heavy (non-hydrogen) atoms. The maximum Gasteiger partial charge on any atom is 0.268 e. The molecule has 2 aromatic rings. The second-order valence-electron chi connectivity index (χ2n) is 6.95. The average Bonchev–Trinajstić information content (AvgIpc) is 2.65. The Balaban J connectivity index is 1.56. The third-order valence-corrected chi connectivity index (χ3v) is 4.50. The Morgan fingerprint density at radius 3 is 2.78 bits per heavy atom. The van der Waals surface area contributed by atoms with Crippen molar-refractivity contribution in [3.05, 3.63) is 53.6 Å². The normalized spacial score (nSPS) is 14.6. The molecule has 6 heteroatoms. The molecule has 0 fully saturated rings. The molecule has 0 atom stereocenters. The summed E-state index contributed by atoms with van der Waals surface area (Å²) in [6, 6.07) is 12.9. The molecule has 142 valence electrons. The fraction of sp³-hybridized carbons (Fsp3) is 0.333. The maximum absolute atomic E-state index is 12.4. The first-order valence-corrected chi connectivity index (χ1v) is 8.95.